The molecule has 1 aliphatic rings. The molecule has 23 heavy (non-hydrogen) atoms. The molecule has 0 bridgehead atoms. The van der Waals surface area contributed by atoms with Gasteiger partial charge in [-0.3, -0.25) is 14.6 Å². The molecule has 2 rings (SSSR count). The second-order valence-electron chi connectivity index (χ2n) is 5.39. The van der Waals surface area contributed by atoms with Crippen molar-refractivity contribution in [2.45, 2.75) is 31.9 Å². The maximum absolute atomic E-state index is 12.6. The number of rotatable bonds is 7. The van der Waals surface area contributed by atoms with Gasteiger partial charge in [0.1, 0.15) is 12.1 Å². The molecule has 0 spiro atoms. The van der Waals surface area contributed by atoms with Crippen molar-refractivity contribution in [3.05, 3.63) is 18.6 Å². The van der Waals surface area contributed by atoms with Gasteiger partial charge in [0, 0.05) is 32.3 Å². The topological polar surface area (TPSA) is 84.4 Å². The highest BCUT2D eigenvalue weighted by molar-refractivity contribution is 7.98. The molecule has 2 amide bonds. The van der Waals surface area contributed by atoms with Crippen LogP contribution >= 0.6 is 11.8 Å². The summed E-state index contributed by atoms with van der Waals surface area (Å²) < 4.78 is 5.74. The molecule has 0 aromatic carbocycles. The van der Waals surface area contributed by atoms with Crippen LogP contribution in [0, 0.1) is 0 Å². The Hall–Kier alpha value is -1.83. The number of hydrogen-bond donors (Lipinski definition) is 1. The van der Waals surface area contributed by atoms with Crippen molar-refractivity contribution in [1.82, 2.24) is 20.2 Å². The molecule has 2 heterocycles. The van der Waals surface area contributed by atoms with Crippen LogP contribution in [-0.4, -0.2) is 63.9 Å². The molecule has 7 nitrogen and oxygen atoms in total. The van der Waals surface area contributed by atoms with E-state index >= 15 is 0 Å². The average Bonchev–Trinajstić information content (AvgIpc) is 3.00. The summed E-state index contributed by atoms with van der Waals surface area (Å²) in [5.41, 5.74) is 0. The molecule has 1 fully saturated rings. The van der Waals surface area contributed by atoms with Crippen LogP contribution in [-0.2, 0) is 9.59 Å². The lowest BCUT2D eigenvalue weighted by atomic mass is 10.2. The summed E-state index contributed by atoms with van der Waals surface area (Å²) in [6.45, 7) is 2.56. The van der Waals surface area contributed by atoms with Crippen LogP contribution in [0.4, 0.5) is 0 Å². The fourth-order valence-corrected chi connectivity index (χ4v) is 2.97. The first kappa shape index (κ1) is 17.5. The summed E-state index contributed by atoms with van der Waals surface area (Å²) in [6, 6.07) is -0.463. The van der Waals surface area contributed by atoms with Crippen molar-refractivity contribution < 1.29 is 14.3 Å². The van der Waals surface area contributed by atoms with Crippen LogP contribution in [0.15, 0.2) is 18.6 Å². The zero-order valence-electron chi connectivity index (χ0n) is 13.4. The Balaban J connectivity index is 1.90. The first-order valence-corrected chi connectivity index (χ1v) is 8.97. The summed E-state index contributed by atoms with van der Waals surface area (Å²) in [5, 5.41) is 2.75. The van der Waals surface area contributed by atoms with E-state index in [2.05, 4.69) is 15.3 Å². The van der Waals surface area contributed by atoms with Gasteiger partial charge in [0.2, 0.25) is 17.7 Å². The van der Waals surface area contributed by atoms with E-state index in [1.54, 1.807) is 35.3 Å². The Kier molecular flexibility index (Phi) is 6.64. The van der Waals surface area contributed by atoms with Crippen LogP contribution in [0.2, 0.25) is 0 Å². The predicted octanol–water partition coefficient (Wildman–Crippen LogP) is 0.714. The van der Waals surface area contributed by atoms with Gasteiger partial charge >= 0.3 is 0 Å². The van der Waals surface area contributed by atoms with E-state index in [-0.39, 0.29) is 17.9 Å². The smallest absolute Gasteiger partial charge is 0.245 e. The minimum atomic E-state index is -0.463. The van der Waals surface area contributed by atoms with Crippen LogP contribution < -0.4 is 10.1 Å². The highest BCUT2D eigenvalue weighted by Gasteiger charge is 2.32. The minimum absolute atomic E-state index is 0.0421. The molecule has 1 saturated heterocycles. The van der Waals surface area contributed by atoms with E-state index in [4.69, 9.17) is 4.74 Å². The lowest BCUT2D eigenvalue weighted by molar-refractivity contribution is -0.135. The third-order valence-electron chi connectivity index (χ3n) is 3.57. The largest absolute Gasteiger partial charge is 0.471 e. The molecule has 1 aromatic heterocycles. The lowest BCUT2D eigenvalue weighted by Crippen LogP contribution is -2.48. The summed E-state index contributed by atoms with van der Waals surface area (Å²) in [7, 11) is 0. The molecule has 1 aliphatic heterocycles. The molecular weight excluding hydrogens is 316 g/mol. The van der Waals surface area contributed by atoms with Gasteiger partial charge in [0.15, 0.2) is 0 Å². The number of likely N-dealkylation sites (tertiary alicyclic amines) is 1. The number of ether oxygens (including phenoxy) is 1. The van der Waals surface area contributed by atoms with Gasteiger partial charge in [-0.1, -0.05) is 0 Å². The SMILES string of the molecule is CSCC[C@H](NC(C)=O)C(=O)N1CC[C@H](Oc2cnccn2)C1. The first-order chi connectivity index (χ1) is 11.1. The van der Waals surface area contributed by atoms with Crippen LogP contribution in [0.25, 0.3) is 0 Å². The third kappa shape index (κ3) is 5.38. The Morgan fingerprint density at radius 2 is 2.35 bits per heavy atom. The fraction of sp³-hybridized carbons (Fsp3) is 0.600. The van der Waals surface area contributed by atoms with Crippen molar-refractivity contribution in [1.29, 1.82) is 0 Å². The Morgan fingerprint density at radius 1 is 1.52 bits per heavy atom. The quantitative estimate of drug-likeness (QED) is 0.788. The number of nitrogens with zero attached hydrogens (tertiary/aromatic N) is 3. The van der Waals surface area contributed by atoms with E-state index in [9.17, 15) is 9.59 Å². The van der Waals surface area contributed by atoms with Crippen molar-refractivity contribution >= 4 is 23.6 Å². The maximum Gasteiger partial charge on any atom is 0.245 e. The number of thioether (sulfide) groups is 1. The van der Waals surface area contributed by atoms with Gasteiger partial charge in [-0.2, -0.15) is 11.8 Å². The van der Waals surface area contributed by atoms with E-state index in [0.29, 0.717) is 25.4 Å². The Morgan fingerprint density at radius 3 is 3.00 bits per heavy atom. The summed E-state index contributed by atoms with van der Waals surface area (Å²) in [4.78, 5) is 33.7. The van der Waals surface area contributed by atoms with Gasteiger partial charge in [0.25, 0.3) is 0 Å². The monoisotopic (exact) mass is 338 g/mol. The molecule has 126 valence electrons. The van der Waals surface area contributed by atoms with Gasteiger partial charge in [-0.15, -0.1) is 0 Å². The second kappa shape index (κ2) is 8.71. The average molecular weight is 338 g/mol. The van der Waals surface area contributed by atoms with Gasteiger partial charge < -0.3 is 15.0 Å². The molecule has 1 aromatic rings. The number of nitrogens with one attached hydrogen (secondary N) is 1. The first-order valence-electron chi connectivity index (χ1n) is 7.57. The highest BCUT2D eigenvalue weighted by atomic mass is 32.2. The molecule has 0 saturated carbocycles. The highest BCUT2D eigenvalue weighted by Crippen LogP contribution is 2.17. The predicted molar refractivity (Wildman–Crippen MR) is 88.2 cm³/mol. The lowest BCUT2D eigenvalue weighted by Gasteiger charge is -2.23. The van der Waals surface area contributed by atoms with Gasteiger partial charge in [0.05, 0.1) is 12.7 Å². The number of carbonyl (C=O) groups is 2. The normalized spacial score (nSPS) is 18.5. The van der Waals surface area contributed by atoms with Gasteiger partial charge in [-0.25, -0.2) is 4.98 Å². The zero-order valence-corrected chi connectivity index (χ0v) is 14.2. The molecule has 2 atom stereocenters. The molecule has 0 unspecified atom stereocenters. The van der Waals surface area contributed by atoms with Crippen LogP contribution in [0.3, 0.4) is 0 Å². The third-order valence-corrected chi connectivity index (χ3v) is 4.21. The number of carbonyl (C=O) groups excluding carboxylic acids is 2. The summed E-state index contributed by atoms with van der Waals surface area (Å²) in [5.74, 6) is 1.06. The van der Waals surface area contributed by atoms with Crippen molar-refractivity contribution in [2.75, 3.05) is 25.1 Å². The summed E-state index contributed by atoms with van der Waals surface area (Å²) >= 11 is 1.66. The van der Waals surface area contributed by atoms with E-state index in [1.807, 2.05) is 6.26 Å². The zero-order chi connectivity index (χ0) is 16.7. The van der Waals surface area contributed by atoms with Crippen LogP contribution in [0.5, 0.6) is 5.88 Å². The molecule has 1 N–H and O–H groups in total. The maximum atomic E-state index is 12.6. The molecule has 0 radical (unpaired) electrons. The number of hydrogen-bond acceptors (Lipinski definition) is 6. The van der Waals surface area contributed by atoms with Crippen LogP contribution in [0.1, 0.15) is 19.8 Å². The van der Waals surface area contributed by atoms with E-state index in [1.165, 1.54) is 6.92 Å². The van der Waals surface area contributed by atoms with E-state index < -0.39 is 6.04 Å². The van der Waals surface area contributed by atoms with Crippen molar-refractivity contribution in [3.8, 4) is 5.88 Å². The van der Waals surface area contributed by atoms with Crippen molar-refractivity contribution in [2.24, 2.45) is 0 Å². The summed E-state index contributed by atoms with van der Waals surface area (Å²) in [6.07, 6.45) is 7.99. The van der Waals surface area contributed by atoms with Gasteiger partial charge in [-0.05, 0) is 18.4 Å². The number of aromatic nitrogens is 2. The fourth-order valence-electron chi connectivity index (χ4n) is 2.50. The molecule has 0 aliphatic carbocycles. The number of amides is 2. The molecule has 8 heteroatoms. The Labute approximate surface area is 140 Å². The standard InChI is InChI=1S/C15H22N4O3S/c1-11(20)18-13(4-8-23-2)15(21)19-7-3-12(10-19)22-14-9-16-5-6-17-14/h5-6,9,12-13H,3-4,7-8,10H2,1-2H3,(H,18,20)/t12-,13-/m0/s1. The van der Waals surface area contributed by atoms with Crippen molar-refractivity contribution in [3.63, 3.8) is 0 Å². The Bertz CT molecular complexity index is 529. The second-order valence-corrected chi connectivity index (χ2v) is 6.38. The minimum Gasteiger partial charge on any atom is -0.471 e. The van der Waals surface area contributed by atoms with E-state index in [0.717, 1.165) is 12.2 Å². The molecular formula is C15H22N4O3S.